The highest BCUT2D eigenvalue weighted by atomic mass is 16.5. The summed E-state index contributed by atoms with van der Waals surface area (Å²) >= 11 is 0. The number of fused-ring (bicyclic) bond motifs is 5. The second kappa shape index (κ2) is 43.3. The first-order chi connectivity index (χ1) is 61.2. The van der Waals surface area contributed by atoms with Crippen molar-refractivity contribution in [3.8, 4) is 127 Å². The molecule has 0 amide bonds. The smallest absolute Gasteiger partial charge is 0.320 e. The predicted octanol–water partition coefficient (Wildman–Crippen LogP) is 27.0. The number of hydrogen-bond donors (Lipinski definition) is 4. The van der Waals surface area contributed by atoms with Gasteiger partial charge < -0.3 is 48.8 Å². The van der Waals surface area contributed by atoms with Crippen LogP contribution in [0.25, 0.3) is 144 Å². The third kappa shape index (κ3) is 22.0. The molecule has 19 nitrogen and oxygen atoms in total. The van der Waals surface area contributed by atoms with Crippen LogP contribution in [0, 0.1) is 11.8 Å². The quantitative estimate of drug-likeness (QED) is 0.0159. The van der Waals surface area contributed by atoms with Crippen molar-refractivity contribution in [1.29, 1.82) is 0 Å². The maximum atomic E-state index is 11.2. The molecule has 0 aliphatic heterocycles. The lowest BCUT2D eigenvalue weighted by atomic mass is 9.92. The maximum absolute atomic E-state index is 11.2. The van der Waals surface area contributed by atoms with E-state index in [1.165, 1.54) is 141 Å². The van der Waals surface area contributed by atoms with E-state index in [0.717, 1.165) is 112 Å². The summed E-state index contributed by atoms with van der Waals surface area (Å²) in [7, 11) is 2.89. The van der Waals surface area contributed by atoms with Crippen molar-refractivity contribution in [2.75, 3.05) is 40.6 Å². The third-order valence-electron chi connectivity index (χ3n) is 23.5. The Labute approximate surface area is 732 Å². The number of rotatable bonds is 39. The summed E-state index contributed by atoms with van der Waals surface area (Å²) < 4.78 is 34.8. The lowest BCUT2D eigenvalue weighted by molar-refractivity contribution is 0.232. The molecule has 0 bridgehead atoms. The minimum atomic E-state index is -0.217. The van der Waals surface area contributed by atoms with E-state index in [-0.39, 0.29) is 52.4 Å². The number of aromatic nitrogens is 9. The van der Waals surface area contributed by atoms with Gasteiger partial charge in [-0.3, -0.25) is 0 Å². The first-order valence-corrected chi connectivity index (χ1v) is 44.9. The molecule has 0 saturated carbocycles. The number of ether oxygens (including phenoxy) is 6. The van der Waals surface area contributed by atoms with Crippen molar-refractivity contribution < 1.29 is 48.8 Å². The Kier molecular flexibility index (Phi) is 30.6. The molecule has 16 aromatic rings. The number of benzene rings is 13. The van der Waals surface area contributed by atoms with Crippen molar-refractivity contribution in [3.05, 3.63) is 212 Å². The predicted molar refractivity (Wildman–Crippen MR) is 506 cm³/mol. The van der Waals surface area contributed by atoms with Crippen LogP contribution in [0.15, 0.2) is 212 Å². The monoisotopic (exact) mass is 1670 g/mol. The van der Waals surface area contributed by atoms with Gasteiger partial charge in [0.25, 0.3) is 0 Å². The first-order valence-electron chi connectivity index (χ1n) is 44.9. The van der Waals surface area contributed by atoms with Crippen LogP contribution in [0.2, 0.25) is 0 Å². The zero-order valence-electron chi connectivity index (χ0n) is 73.3. The van der Waals surface area contributed by atoms with Gasteiger partial charge in [0.1, 0.15) is 45.8 Å². The molecular weight excluding hydrogens is 1560 g/mol. The molecule has 3 heterocycles. The molecule has 19 heteroatoms. The van der Waals surface area contributed by atoms with Crippen molar-refractivity contribution >= 4 is 75.4 Å². The summed E-state index contributed by atoms with van der Waals surface area (Å²) in [5, 5.41) is 59.3. The topological polar surface area (TPSA) is 252 Å². The van der Waals surface area contributed by atoms with Crippen LogP contribution in [0.3, 0.4) is 0 Å². The summed E-state index contributed by atoms with van der Waals surface area (Å²) in [4.78, 5) is 42.0. The Morgan fingerprint density at radius 1 is 0.272 bits per heavy atom. The number of nitrogens with zero attached hydrogens (tertiary/aromatic N) is 9. The zero-order valence-corrected chi connectivity index (χ0v) is 73.3. The average Bonchev–Trinajstić information content (AvgIpc) is 0.740. The fourth-order valence-corrected chi connectivity index (χ4v) is 16.3. The maximum Gasteiger partial charge on any atom is 0.320 e. The highest BCUT2D eigenvalue weighted by Crippen LogP contribution is 2.44. The van der Waals surface area contributed by atoms with Crippen LogP contribution >= 0.6 is 0 Å². The summed E-state index contributed by atoms with van der Waals surface area (Å²) in [6, 6.07) is 70.6. The van der Waals surface area contributed by atoms with Crippen LogP contribution in [-0.2, 0) is 0 Å². The highest BCUT2D eigenvalue weighted by Gasteiger charge is 2.24. The number of aromatic hydroxyl groups is 4. The Balaban J connectivity index is 0.000000155. The van der Waals surface area contributed by atoms with E-state index in [1.54, 1.807) is 12.1 Å². The van der Waals surface area contributed by atoms with E-state index in [0.29, 0.717) is 95.8 Å². The standard InChI is InChI=1S/C42H53N3O3.C39H43N3O3.C25H19N3O4/c1-4-7-9-10-11-12-13-14-19-27-47-42-44-40(37-26-25-33(29-39(37)46)48-30-31(6-3)20-8-5-2)43-41(45-42)38-28-32-21-15-16-22-34(32)35-23-17-18-24-36(35)38;1-4-7-9-10-23-44-39-41-37(32-21-18-29-16-15-27-13-11-14-28-17-20-31(32)36(29)35(27)28)40-38(42-39)33-22-19-30(24-34(33)43)45-25-26(6-3)12-8-5-2;1-31-19-12-20(29)22(21(30)13-19)24-26-23(27-25(28-24)32-2)17-8-7-16-9-14-5-3-4-6-15(14)10-18(16)11-17/h15-18,21-26,28-29,31,46H,4-14,19-20,27,30H2,1-3H3;11,13-22,24,26,43H,4-10,12,23,25H2,1-3H3;3-13,29-30H,1-2H3. The minimum absolute atomic E-state index is 0.0653. The first kappa shape index (κ1) is 88.3. The van der Waals surface area contributed by atoms with E-state index < -0.39 is 0 Å². The van der Waals surface area contributed by atoms with E-state index in [2.05, 4.69) is 183 Å². The molecule has 125 heavy (non-hydrogen) atoms. The molecule has 0 aliphatic carbocycles. The Bertz CT molecular complexity index is 6270. The Morgan fingerprint density at radius 2 is 0.696 bits per heavy atom. The SMILES string of the molecule is CCCCCCCCCCCOc1nc(-c2ccc(OCC(CC)CCCC)cc2O)nc(-c2cc3ccccc3c3ccccc23)n1.CCCCCCOc1nc(-c2ccc(OCC(CC)CCCC)cc2O)nc(-c2ccc3ccc4cccc5ccc2c3c45)n1.COc1cc(O)c(-c2nc(OC)nc(-c3ccc4cc5ccccc5cc4c3)n2)c(O)c1. The van der Waals surface area contributed by atoms with Crippen LogP contribution in [-0.4, -0.2) is 106 Å². The Hall–Kier alpha value is -13.0. The van der Waals surface area contributed by atoms with E-state index in [4.69, 9.17) is 53.3 Å². The van der Waals surface area contributed by atoms with Gasteiger partial charge in [0.2, 0.25) is 0 Å². The average molecular weight is 1680 g/mol. The number of phenolic OH excluding ortho intramolecular Hbond substituents is 4. The van der Waals surface area contributed by atoms with E-state index in [9.17, 15) is 20.4 Å². The van der Waals surface area contributed by atoms with E-state index in [1.807, 2.05) is 66.7 Å². The molecule has 2 atom stereocenters. The van der Waals surface area contributed by atoms with Crippen LogP contribution in [0.1, 0.15) is 176 Å². The van der Waals surface area contributed by atoms with Gasteiger partial charge in [-0.25, -0.2) is 15.0 Å². The molecule has 0 radical (unpaired) electrons. The summed E-state index contributed by atoms with van der Waals surface area (Å²) in [6.45, 7) is 15.6. The molecule has 0 aliphatic rings. The third-order valence-corrected chi connectivity index (χ3v) is 23.5. The largest absolute Gasteiger partial charge is 0.507 e. The van der Waals surface area contributed by atoms with Crippen LogP contribution in [0.5, 0.6) is 58.3 Å². The van der Waals surface area contributed by atoms with E-state index >= 15 is 0 Å². The Morgan fingerprint density at radius 3 is 1.25 bits per heavy atom. The van der Waals surface area contributed by atoms with Gasteiger partial charge in [-0.1, -0.05) is 284 Å². The van der Waals surface area contributed by atoms with Crippen molar-refractivity contribution in [2.45, 2.75) is 176 Å². The zero-order chi connectivity index (χ0) is 87.0. The fourth-order valence-electron chi connectivity index (χ4n) is 16.3. The van der Waals surface area contributed by atoms with Gasteiger partial charge in [0.05, 0.1) is 51.8 Å². The lowest BCUT2D eigenvalue weighted by Crippen LogP contribution is -2.11. The lowest BCUT2D eigenvalue weighted by Gasteiger charge is -2.16. The fraction of sp³-hybridized carbons (Fsp3) is 0.330. The molecule has 0 spiro atoms. The normalized spacial score (nSPS) is 11.9. The molecule has 0 saturated heterocycles. The van der Waals surface area contributed by atoms with Crippen LogP contribution in [0.4, 0.5) is 0 Å². The summed E-state index contributed by atoms with van der Waals surface area (Å²) in [5.41, 5.74) is 3.65. The van der Waals surface area contributed by atoms with Gasteiger partial charge in [0.15, 0.2) is 34.9 Å². The van der Waals surface area contributed by atoms with Gasteiger partial charge in [-0.2, -0.15) is 29.9 Å². The minimum Gasteiger partial charge on any atom is -0.507 e. The van der Waals surface area contributed by atoms with Crippen molar-refractivity contribution in [3.63, 3.8) is 0 Å². The molecular formula is C106H115N9O10. The molecule has 0 fully saturated rings. The second-order valence-electron chi connectivity index (χ2n) is 32.4. The van der Waals surface area contributed by atoms with Gasteiger partial charge in [-0.05, 0) is 168 Å². The molecule has 16 rings (SSSR count). The molecule has 4 N–H and O–H groups in total. The van der Waals surface area contributed by atoms with Gasteiger partial charge in [0, 0.05) is 41.0 Å². The summed E-state index contributed by atoms with van der Waals surface area (Å²) in [5.74, 6) is 4.51. The van der Waals surface area contributed by atoms with Crippen LogP contribution < -0.4 is 28.4 Å². The number of unbranched alkanes of at least 4 members (excludes halogenated alkanes) is 13. The second-order valence-corrected chi connectivity index (χ2v) is 32.4. The number of hydrogen-bond acceptors (Lipinski definition) is 19. The highest BCUT2D eigenvalue weighted by molar-refractivity contribution is 6.25. The number of methoxy groups -OCH3 is 2. The van der Waals surface area contributed by atoms with Crippen molar-refractivity contribution in [1.82, 2.24) is 44.9 Å². The summed E-state index contributed by atoms with van der Waals surface area (Å²) in [6.07, 6.45) is 24.7. The number of phenols is 4. The molecule has 2 unspecified atom stereocenters. The van der Waals surface area contributed by atoms with Gasteiger partial charge >= 0.3 is 18.0 Å². The molecule has 3 aromatic heterocycles. The molecule has 644 valence electrons. The van der Waals surface area contributed by atoms with Gasteiger partial charge in [-0.15, -0.1) is 0 Å². The van der Waals surface area contributed by atoms with Crippen molar-refractivity contribution in [2.24, 2.45) is 11.8 Å². The molecule has 13 aromatic carbocycles.